The molecule has 124 valence electrons. The van der Waals surface area contributed by atoms with E-state index in [4.69, 9.17) is 0 Å². The van der Waals surface area contributed by atoms with Crippen LogP contribution in [0.5, 0.6) is 0 Å². The molecule has 1 amide bonds. The molecule has 3 nitrogen and oxygen atoms in total. The summed E-state index contributed by atoms with van der Waals surface area (Å²) < 4.78 is 13.2. The summed E-state index contributed by atoms with van der Waals surface area (Å²) in [7, 11) is 0. The first-order valence-electron chi connectivity index (χ1n) is 8.72. The van der Waals surface area contributed by atoms with Gasteiger partial charge < -0.3 is 10.4 Å². The fourth-order valence-electron chi connectivity index (χ4n) is 5.68. The maximum Gasteiger partial charge on any atom is 0.226 e. The van der Waals surface area contributed by atoms with Crippen LogP contribution in [0, 0.1) is 23.1 Å². The van der Waals surface area contributed by atoms with E-state index in [1.165, 1.54) is 18.6 Å². The average Bonchev–Trinajstić information content (AvgIpc) is 2.44. The number of nitrogens with one attached hydrogen (secondary N) is 1. The zero-order valence-corrected chi connectivity index (χ0v) is 13.4. The van der Waals surface area contributed by atoms with E-state index in [-0.39, 0.29) is 17.1 Å². The maximum atomic E-state index is 13.2. The number of benzene rings is 1. The first-order chi connectivity index (χ1) is 11.0. The number of hydrogen-bond donors (Lipinski definition) is 2. The maximum absolute atomic E-state index is 13.2. The molecule has 5 rings (SSSR count). The zero-order chi connectivity index (χ0) is 16.1. The van der Waals surface area contributed by atoms with Crippen LogP contribution in [0.2, 0.25) is 0 Å². The Balaban J connectivity index is 1.39. The minimum atomic E-state index is -0.607. The minimum absolute atomic E-state index is 0.0985. The third kappa shape index (κ3) is 2.78. The van der Waals surface area contributed by atoms with Gasteiger partial charge in [-0.3, -0.25) is 4.79 Å². The zero-order valence-electron chi connectivity index (χ0n) is 13.4. The van der Waals surface area contributed by atoms with Crippen molar-refractivity contribution in [1.29, 1.82) is 0 Å². The third-order valence-corrected chi connectivity index (χ3v) is 6.10. The normalized spacial score (nSPS) is 37.8. The molecule has 2 atom stereocenters. The lowest BCUT2D eigenvalue weighted by Gasteiger charge is -2.59. The molecule has 0 radical (unpaired) electrons. The highest BCUT2D eigenvalue weighted by molar-refractivity contribution is 5.83. The van der Waals surface area contributed by atoms with Crippen molar-refractivity contribution >= 4 is 5.91 Å². The Morgan fingerprint density at radius 3 is 2.65 bits per heavy atom. The number of halogens is 1. The monoisotopic (exact) mass is 317 g/mol. The Bertz CT molecular complexity index is 616. The third-order valence-electron chi connectivity index (χ3n) is 6.10. The molecule has 4 aliphatic carbocycles. The van der Waals surface area contributed by atoms with Gasteiger partial charge >= 0.3 is 0 Å². The summed E-state index contributed by atoms with van der Waals surface area (Å²) in [4.78, 5) is 12.8. The average molecular weight is 317 g/mol. The van der Waals surface area contributed by atoms with Crippen molar-refractivity contribution in [2.24, 2.45) is 17.3 Å². The smallest absolute Gasteiger partial charge is 0.226 e. The minimum Gasteiger partial charge on any atom is -0.390 e. The molecule has 4 fully saturated rings. The molecule has 0 unspecified atom stereocenters. The molecule has 0 saturated heterocycles. The highest BCUT2D eigenvalue weighted by atomic mass is 19.1. The van der Waals surface area contributed by atoms with Gasteiger partial charge in [0.05, 0.1) is 11.0 Å². The van der Waals surface area contributed by atoms with Gasteiger partial charge in [-0.2, -0.15) is 0 Å². The number of rotatable bonds is 4. The Morgan fingerprint density at radius 1 is 1.26 bits per heavy atom. The van der Waals surface area contributed by atoms with Crippen molar-refractivity contribution in [3.63, 3.8) is 0 Å². The summed E-state index contributed by atoms with van der Waals surface area (Å²) >= 11 is 0. The molecular formula is C19H24FNO2. The largest absolute Gasteiger partial charge is 0.390 e. The van der Waals surface area contributed by atoms with Crippen LogP contribution >= 0.6 is 0 Å². The second-order valence-corrected chi connectivity index (χ2v) is 8.10. The lowest BCUT2D eigenvalue weighted by Crippen LogP contribution is -2.60. The molecule has 2 N–H and O–H groups in total. The van der Waals surface area contributed by atoms with Crippen molar-refractivity contribution in [3.8, 4) is 0 Å². The van der Waals surface area contributed by atoms with Crippen LogP contribution < -0.4 is 5.32 Å². The van der Waals surface area contributed by atoms with Gasteiger partial charge in [0.15, 0.2) is 0 Å². The molecule has 4 aliphatic rings. The van der Waals surface area contributed by atoms with Crippen molar-refractivity contribution in [2.45, 2.75) is 50.5 Å². The summed E-state index contributed by atoms with van der Waals surface area (Å²) in [5.41, 5.74) is -0.0699. The van der Waals surface area contributed by atoms with E-state index in [2.05, 4.69) is 5.32 Å². The van der Waals surface area contributed by atoms with Crippen molar-refractivity contribution in [2.75, 3.05) is 6.54 Å². The van der Waals surface area contributed by atoms with Crippen LogP contribution in [0.15, 0.2) is 24.3 Å². The van der Waals surface area contributed by atoms with Crippen molar-refractivity contribution in [1.82, 2.24) is 5.32 Å². The molecular weight excluding hydrogens is 293 g/mol. The standard InChI is InChI=1S/C19H24FNO2/c20-16-3-1-2-13(7-16)4-5-21-17(22)18-8-14-6-15(9-18)11-19(23,10-14)12-18/h1-3,7,14-15,23H,4-6,8-12H2,(H,21,22)/t14-,15-,18?,19?/m1/s1. The van der Waals surface area contributed by atoms with Crippen LogP contribution in [0.1, 0.15) is 44.1 Å². The molecule has 4 heteroatoms. The SMILES string of the molecule is O=C(NCCc1cccc(F)c1)C12C[C@H]3C[C@@H](CC(O)(C3)C1)C2. The number of aliphatic hydroxyl groups is 1. The highest BCUT2D eigenvalue weighted by Crippen LogP contribution is 2.61. The van der Waals surface area contributed by atoms with E-state index in [9.17, 15) is 14.3 Å². The number of hydrogen-bond acceptors (Lipinski definition) is 2. The van der Waals surface area contributed by atoms with Crippen molar-refractivity contribution < 1.29 is 14.3 Å². The molecule has 23 heavy (non-hydrogen) atoms. The van der Waals surface area contributed by atoms with Gasteiger partial charge in [0, 0.05) is 6.54 Å². The molecule has 4 saturated carbocycles. The van der Waals surface area contributed by atoms with Gasteiger partial charge in [0.25, 0.3) is 0 Å². The quantitative estimate of drug-likeness (QED) is 0.897. The Hall–Kier alpha value is -1.42. The summed E-state index contributed by atoms with van der Waals surface area (Å²) in [5.74, 6) is 0.879. The molecule has 0 spiro atoms. The number of carbonyl (C=O) groups is 1. The van der Waals surface area contributed by atoms with Crippen molar-refractivity contribution in [3.05, 3.63) is 35.6 Å². The molecule has 0 aliphatic heterocycles. The second-order valence-electron chi connectivity index (χ2n) is 8.10. The van der Waals surface area contributed by atoms with Gasteiger partial charge in [-0.05, 0) is 74.5 Å². The summed E-state index contributed by atoms with van der Waals surface area (Å²) in [6, 6.07) is 6.52. The van der Waals surface area contributed by atoms with Crippen LogP contribution in [0.4, 0.5) is 4.39 Å². The molecule has 4 bridgehead atoms. The summed E-state index contributed by atoms with van der Waals surface area (Å²) in [5, 5.41) is 13.8. The van der Waals surface area contributed by atoms with Gasteiger partial charge in [0.2, 0.25) is 5.91 Å². The van der Waals surface area contributed by atoms with Gasteiger partial charge in [-0.15, -0.1) is 0 Å². The molecule has 1 aromatic carbocycles. The Labute approximate surface area is 136 Å². The topological polar surface area (TPSA) is 49.3 Å². The predicted molar refractivity (Wildman–Crippen MR) is 85.2 cm³/mol. The van der Waals surface area contributed by atoms with E-state index in [0.717, 1.165) is 31.2 Å². The Kier molecular flexibility index (Phi) is 3.49. The fourth-order valence-corrected chi connectivity index (χ4v) is 5.68. The number of carbonyl (C=O) groups excluding carboxylic acids is 1. The summed E-state index contributed by atoms with van der Waals surface area (Å²) in [6.07, 6.45) is 6.05. The molecule has 0 aromatic heterocycles. The van der Waals surface area contributed by atoms with Gasteiger partial charge in [0.1, 0.15) is 5.82 Å². The lowest BCUT2D eigenvalue weighted by atomic mass is 9.47. The molecule has 0 heterocycles. The predicted octanol–water partition coefficient (Wildman–Crippen LogP) is 2.82. The highest BCUT2D eigenvalue weighted by Gasteiger charge is 2.59. The van der Waals surface area contributed by atoms with E-state index in [0.29, 0.717) is 31.2 Å². The second kappa shape index (κ2) is 5.30. The van der Waals surface area contributed by atoms with E-state index in [1.54, 1.807) is 6.07 Å². The van der Waals surface area contributed by atoms with Crippen LogP contribution in [0.25, 0.3) is 0 Å². The molecule has 1 aromatic rings. The van der Waals surface area contributed by atoms with Crippen LogP contribution in [-0.2, 0) is 11.2 Å². The number of amides is 1. The fraction of sp³-hybridized carbons (Fsp3) is 0.632. The van der Waals surface area contributed by atoms with Gasteiger partial charge in [-0.25, -0.2) is 4.39 Å². The van der Waals surface area contributed by atoms with E-state index >= 15 is 0 Å². The Morgan fingerprint density at radius 2 is 2.00 bits per heavy atom. The lowest BCUT2D eigenvalue weighted by molar-refractivity contribution is -0.178. The first-order valence-corrected chi connectivity index (χ1v) is 8.72. The van der Waals surface area contributed by atoms with Gasteiger partial charge in [-0.1, -0.05) is 12.1 Å². The summed E-state index contributed by atoms with van der Waals surface area (Å²) in [6.45, 7) is 0.526. The van der Waals surface area contributed by atoms with Crippen LogP contribution in [0.3, 0.4) is 0 Å². The van der Waals surface area contributed by atoms with E-state index in [1.807, 2.05) is 6.07 Å². The van der Waals surface area contributed by atoms with E-state index < -0.39 is 5.60 Å². The first kappa shape index (κ1) is 15.1. The van der Waals surface area contributed by atoms with Crippen LogP contribution in [-0.4, -0.2) is 23.2 Å².